The highest BCUT2D eigenvalue weighted by Gasteiger charge is 2.32. The Morgan fingerprint density at radius 3 is 2.20 bits per heavy atom. The SMILES string of the molecule is CN(C(=O)CNC(=O)c1ccc(-c2ccc(Cl)cc2)cc1)C1C(=O)NCC(=O)NC(C(=O)O)Cc2ccc(O)c(c2)-c2cc1ccc2OC(=O)OC(C)(C)C. The van der Waals surface area contributed by atoms with Gasteiger partial charge in [-0.3, -0.25) is 19.2 Å². The van der Waals surface area contributed by atoms with Gasteiger partial charge in [0.25, 0.3) is 5.91 Å². The Labute approximate surface area is 321 Å². The number of aromatic hydroxyl groups is 1. The van der Waals surface area contributed by atoms with Crippen LogP contribution in [0.15, 0.2) is 84.9 Å². The third-order valence-electron chi connectivity index (χ3n) is 8.50. The summed E-state index contributed by atoms with van der Waals surface area (Å²) in [6.07, 6.45) is -1.25. The first-order valence-corrected chi connectivity index (χ1v) is 17.4. The Hall–Kier alpha value is -6.41. The van der Waals surface area contributed by atoms with E-state index in [2.05, 4.69) is 16.0 Å². The summed E-state index contributed by atoms with van der Waals surface area (Å²) in [4.78, 5) is 79.3. The van der Waals surface area contributed by atoms with E-state index in [0.29, 0.717) is 10.6 Å². The fraction of sp³-hybridized carbons (Fsp3) is 0.250. The predicted molar refractivity (Wildman–Crippen MR) is 201 cm³/mol. The molecule has 4 aromatic carbocycles. The van der Waals surface area contributed by atoms with Crippen LogP contribution in [0.5, 0.6) is 11.5 Å². The first kappa shape index (κ1) is 39.8. The molecule has 4 bridgehead atoms. The number of hydrogen-bond donors (Lipinski definition) is 5. The van der Waals surface area contributed by atoms with Crippen molar-refractivity contribution in [3.05, 3.63) is 107 Å². The van der Waals surface area contributed by atoms with Crippen molar-refractivity contribution in [1.29, 1.82) is 0 Å². The molecule has 0 aromatic heterocycles. The lowest BCUT2D eigenvalue weighted by atomic mass is 9.94. The molecule has 0 saturated carbocycles. The number of likely N-dealkylation sites (N-methyl/N-ethyl adjacent to an activating group) is 1. The van der Waals surface area contributed by atoms with Crippen molar-refractivity contribution in [3.8, 4) is 33.8 Å². The summed E-state index contributed by atoms with van der Waals surface area (Å²) < 4.78 is 10.9. The number of rotatable bonds is 7. The maximum Gasteiger partial charge on any atom is 0.514 e. The summed E-state index contributed by atoms with van der Waals surface area (Å²) in [5.74, 6) is -4.59. The summed E-state index contributed by atoms with van der Waals surface area (Å²) >= 11 is 5.98. The van der Waals surface area contributed by atoms with Crippen LogP contribution in [0.1, 0.15) is 48.3 Å². The Morgan fingerprint density at radius 1 is 0.909 bits per heavy atom. The van der Waals surface area contributed by atoms with E-state index in [9.17, 15) is 39.0 Å². The number of carboxylic acid groups (broad SMARTS) is 1. The summed E-state index contributed by atoms with van der Waals surface area (Å²) in [5.41, 5.74) is 1.87. The molecule has 0 fully saturated rings. The fourth-order valence-corrected chi connectivity index (χ4v) is 5.91. The quantitative estimate of drug-likeness (QED) is 0.128. The van der Waals surface area contributed by atoms with Gasteiger partial charge in [-0.15, -0.1) is 0 Å². The maximum atomic E-state index is 13.8. The number of nitrogens with one attached hydrogen (secondary N) is 3. The fourth-order valence-electron chi connectivity index (χ4n) is 5.78. The summed E-state index contributed by atoms with van der Waals surface area (Å²) in [5, 5.41) is 28.9. The van der Waals surface area contributed by atoms with Gasteiger partial charge in [0.05, 0.1) is 13.1 Å². The normalized spacial score (nSPS) is 15.7. The van der Waals surface area contributed by atoms with Gasteiger partial charge in [0, 0.05) is 35.2 Å². The van der Waals surface area contributed by atoms with Crippen molar-refractivity contribution in [1.82, 2.24) is 20.9 Å². The smallest absolute Gasteiger partial charge is 0.507 e. The minimum Gasteiger partial charge on any atom is -0.507 e. The summed E-state index contributed by atoms with van der Waals surface area (Å²) in [7, 11) is 1.33. The molecule has 0 saturated heterocycles. The van der Waals surface area contributed by atoms with Gasteiger partial charge in [-0.05, 0) is 91.6 Å². The minimum absolute atomic E-state index is 0.0805. The average Bonchev–Trinajstić information content (AvgIpc) is 3.13. The van der Waals surface area contributed by atoms with E-state index in [1.165, 1.54) is 43.4 Å². The number of carboxylic acids is 1. The van der Waals surface area contributed by atoms with Crippen LogP contribution in [0, 0.1) is 0 Å². The molecule has 2 atom stereocenters. The van der Waals surface area contributed by atoms with Gasteiger partial charge >= 0.3 is 12.1 Å². The number of benzene rings is 4. The Kier molecular flexibility index (Phi) is 12.1. The number of amides is 4. The number of halogens is 1. The van der Waals surface area contributed by atoms with E-state index < -0.39 is 66.5 Å². The van der Waals surface area contributed by atoms with E-state index in [0.717, 1.165) is 16.0 Å². The van der Waals surface area contributed by atoms with Crippen molar-refractivity contribution >= 4 is 47.4 Å². The lowest BCUT2D eigenvalue weighted by Gasteiger charge is -2.29. The van der Waals surface area contributed by atoms with Crippen molar-refractivity contribution in [2.45, 2.75) is 44.9 Å². The second-order valence-electron chi connectivity index (χ2n) is 13.7. The third-order valence-corrected chi connectivity index (χ3v) is 8.76. The zero-order valence-corrected chi connectivity index (χ0v) is 31.1. The van der Waals surface area contributed by atoms with Gasteiger partial charge in [0.1, 0.15) is 29.2 Å². The number of phenolic OH excluding ortho intramolecular Hbond substituents is 1. The van der Waals surface area contributed by atoms with E-state index in [4.69, 9.17) is 21.1 Å². The first-order chi connectivity index (χ1) is 26.0. The molecule has 2 unspecified atom stereocenters. The molecule has 5 rings (SSSR count). The Bertz CT molecular complexity index is 2130. The van der Waals surface area contributed by atoms with E-state index in [1.54, 1.807) is 57.2 Å². The van der Waals surface area contributed by atoms with Crippen LogP contribution in [-0.4, -0.2) is 82.6 Å². The number of carbonyl (C=O) groups excluding carboxylic acids is 5. The van der Waals surface area contributed by atoms with Crippen LogP contribution in [0.25, 0.3) is 22.3 Å². The van der Waals surface area contributed by atoms with Gasteiger partial charge < -0.3 is 40.5 Å². The molecule has 286 valence electrons. The van der Waals surface area contributed by atoms with E-state index in [-0.39, 0.29) is 40.2 Å². The topological polar surface area (TPSA) is 201 Å². The molecular weight excluding hydrogens is 732 g/mol. The monoisotopic (exact) mass is 770 g/mol. The predicted octanol–water partition coefficient (Wildman–Crippen LogP) is 4.86. The van der Waals surface area contributed by atoms with Crippen molar-refractivity contribution in [2.75, 3.05) is 20.1 Å². The third kappa shape index (κ3) is 10.2. The molecule has 5 N–H and O–H groups in total. The number of nitrogens with zero attached hydrogens (tertiary/aromatic N) is 1. The molecule has 1 aliphatic rings. The second kappa shape index (κ2) is 16.7. The van der Waals surface area contributed by atoms with Crippen molar-refractivity contribution in [3.63, 3.8) is 0 Å². The highest BCUT2D eigenvalue weighted by molar-refractivity contribution is 6.30. The number of hydrogen-bond acceptors (Lipinski definition) is 9. The van der Waals surface area contributed by atoms with Crippen LogP contribution in [-0.2, 0) is 30.3 Å². The summed E-state index contributed by atoms with van der Waals surface area (Å²) in [6, 6.07) is 19.5. The van der Waals surface area contributed by atoms with Gasteiger partial charge in [-0.25, -0.2) is 9.59 Å². The number of ether oxygens (including phenoxy) is 2. The minimum atomic E-state index is -1.44. The highest BCUT2D eigenvalue weighted by atomic mass is 35.5. The Morgan fingerprint density at radius 2 is 1.56 bits per heavy atom. The first-order valence-electron chi connectivity index (χ1n) is 17.1. The molecule has 0 radical (unpaired) electrons. The van der Waals surface area contributed by atoms with Gasteiger partial charge in [0.15, 0.2) is 0 Å². The van der Waals surface area contributed by atoms with E-state index >= 15 is 0 Å². The average molecular weight is 771 g/mol. The number of aliphatic carboxylic acids is 1. The van der Waals surface area contributed by atoms with Crippen LogP contribution in [0.3, 0.4) is 0 Å². The zero-order valence-electron chi connectivity index (χ0n) is 30.3. The van der Waals surface area contributed by atoms with Gasteiger partial charge in [0.2, 0.25) is 17.7 Å². The Balaban J connectivity index is 1.47. The molecular formula is C40H39ClN4O10. The second-order valence-corrected chi connectivity index (χ2v) is 14.2. The van der Waals surface area contributed by atoms with Crippen LogP contribution >= 0.6 is 11.6 Å². The maximum absolute atomic E-state index is 13.8. The largest absolute Gasteiger partial charge is 0.514 e. The molecule has 0 aliphatic carbocycles. The standard InChI is InChI=1S/C40H39ClN4O10/c1-40(2,3)55-39(53)54-32-16-12-26-19-29(32)28-17-22(5-15-31(28)46)18-30(38(51)52)44-33(47)20-42-37(50)35(26)45(4)34(48)21-43-36(49)25-8-6-23(7-9-25)24-10-13-27(41)14-11-24/h5-17,19,30,35,46H,18,20-21H2,1-4H3,(H,42,50)(H,43,49)(H,44,47)(H,51,52). The highest BCUT2D eigenvalue weighted by Crippen LogP contribution is 2.39. The molecule has 55 heavy (non-hydrogen) atoms. The molecule has 4 aromatic rings. The lowest BCUT2D eigenvalue weighted by Crippen LogP contribution is -2.49. The van der Waals surface area contributed by atoms with Crippen LogP contribution in [0.2, 0.25) is 5.02 Å². The molecule has 0 spiro atoms. The molecule has 1 aliphatic heterocycles. The number of fused-ring (bicyclic) bond motifs is 5. The molecule has 14 nitrogen and oxygen atoms in total. The molecule has 4 amide bonds. The lowest BCUT2D eigenvalue weighted by molar-refractivity contribution is -0.142. The molecule has 15 heteroatoms. The van der Waals surface area contributed by atoms with Crippen LogP contribution in [0.4, 0.5) is 4.79 Å². The summed E-state index contributed by atoms with van der Waals surface area (Å²) in [6.45, 7) is 3.79. The van der Waals surface area contributed by atoms with Gasteiger partial charge in [-0.2, -0.15) is 0 Å². The van der Waals surface area contributed by atoms with Crippen LogP contribution < -0.4 is 20.7 Å². The van der Waals surface area contributed by atoms with Gasteiger partial charge in [-0.1, -0.05) is 48.0 Å². The zero-order chi connectivity index (χ0) is 40.0. The van der Waals surface area contributed by atoms with Crippen molar-refractivity contribution < 1.29 is 48.5 Å². The molecule has 1 heterocycles. The number of phenols is 1. The number of carbonyl (C=O) groups is 6. The van der Waals surface area contributed by atoms with E-state index in [1.807, 2.05) is 12.1 Å². The van der Waals surface area contributed by atoms with Crippen molar-refractivity contribution in [2.24, 2.45) is 0 Å².